The van der Waals surface area contributed by atoms with Gasteiger partial charge in [0, 0.05) is 29.0 Å². The van der Waals surface area contributed by atoms with Gasteiger partial charge in [-0.2, -0.15) is 0 Å². The molecule has 0 radical (unpaired) electrons. The van der Waals surface area contributed by atoms with Crippen molar-refractivity contribution in [3.63, 3.8) is 0 Å². The third-order valence-electron chi connectivity index (χ3n) is 4.36. The molecule has 6 heteroatoms. The molecule has 1 fully saturated rings. The summed E-state index contributed by atoms with van der Waals surface area (Å²) in [5, 5.41) is 0. The Morgan fingerprint density at radius 1 is 1.33 bits per heavy atom. The lowest BCUT2D eigenvalue weighted by Gasteiger charge is -2.34. The van der Waals surface area contributed by atoms with Crippen LogP contribution in [0.5, 0.6) is 5.75 Å². The van der Waals surface area contributed by atoms with Crippen LogP contribution in [-0.4, -0.2) is 34.3 Å². The fourth-order valence-electron chi connectivity index (χ4n) is 2.98. The zero-order chi connectivity index (χ0) is 17.3. The average molecular weight is 414 g/mol. The lowest BCUT2D eigenvalue weighted by atomic mass is 9.88. The van der Waals surface area contributed by atoms with Crippen molar-refractivity contribution < 1.29 is 14.0 Å². The summed E-state index contributed by atoms with van der Waals surface area (Å²) in [6, 6.07) is 5.93. The molecule has 1 aromatic carbocycles. The molecule has 0 spiro atoms. The molecule has 0 N–H and O–H groups in total. The van der Waals surface area contributed by atoms with Gasteiger partial charge in [-0.15, -0.1) is 0 Å². The van der Waals surface area contributed by atoms with Crippen molar-refractivity contribution in [1.29, 1.82) is 0 Å². The Hall–Kier alpha value is -0.560. The van der Waals surface area contributed by atoms with E-state index in [0.717, 1.165) is 47.6 Å². The van der Waals surface area contributed by atoms with Gasteiger partial charge in [0.15, 0.2) is 0 Å². The van der Waals surface area contributed by atoms with Crippen molar-refractivity contribution in [2.45, 2.75) is 50.9 Å². The number of fused-ring (bicyclic) bond motifs is 1. The van der Waals surface area contributed by atoms with Crippen LogP contribution in [0.1, 0.15) is 45.6 Å². The van der Waals surface area contributed by atoms with Crippen LogP contribution in [0.2, 0.25) is 0 Å². The van der Waals surface area contributed by atoms with Crippen molar-refractivity contribution in [2.75, 3.05) is 13.2 Å². The lowest BCUT2D eigenvalue weighted by molar-refractivity contribution is 0.00175. The van der Waals surface area contributed by atoms with Gasteiger partial charge < -0.3 is 14.0 Å². The molecule has 3 atom stereocenters. The highest BCUT2D eigenvalue weighted by Gasteiger charge is 2.35. The molecule has 24 heavy (non-hydrogen) atoms. The number of benzene rings is 1. The Morgan fingerprint density at radius 2 is 2.12 bits per heavy atom. The zero-order valence-electron chi connectivity index (χ0n) is 14.4. The van der Waals surface area contributed by atoms with E-state index in [1.54, 1.807) is 0 Å². The first-order chi connectivity index (χ1) is 11.3. The number of nitrogens with zero attached hydrogens (tertiary/aromatic N) is 1. The Labute approximate surface area is 155 Å². The number of ether oxygens (including phenoxy) is 2. The molecule has 2 aliphatic rings. The Balaban J connectivity index is 1.93. The van der Waals surface area contributed by atoms with Gasteiger partial charge >= 0.3 is 0 Å². The van der Waals surface area contributed by atoms with Crippen molar-refractivity contribution in [1.82, 2.24) is 0 Å². The number of hydrogen-bond acceptors (Lipinski definition) is 4. The minimum absolute atomic E-state index is 0.0368. The molecule has 0 bridgehead atoms. The van der Waals surface area contributed by atoms with Crippen LogP contribution in [-0.2, 0) is 16.1 Å². The van der Waals surface area contributed by atoms with Crippen LogP contribution < -0.4 is 4.74 Å². The van der Waals surface area contributed by atoms with Crippen molar-refractivity contribution >= 4 is 33.0 Å². The van der Waals surface area contributed by atoms with Gasteiger partial charge in [-0.25, -0.2) is 0 Å². The molecule has 0 aromatic heterocycles. The van der Waals surface area contributed by atoms with E-state index in [4.69, 9.17) is 9.47 Å². The highest BCUT2D eigenvalue weighted by Crippen LogP contribution is 2.35. The molecule has 2 aliphatic heterocycles. The smallest absolute Gasteiger partial charge is 0.144 e. The molecular weight excluding hydrogens is 390 g/mol. The number of hydrogen-bond donors (Lipinski definition) is 0. The maximum atomic E-state index is 12.6. The molecule has 0 amide bonds. The monoisotopic (exact) mass is 413 g/mol. The van der Waals surface area contributed by atoms with Crippen LogP contribution in [0.3, 0.4) is 0 Å². The van der Waals surface area contributed by atoms with E-state index >= 15 is 0 Å². The Kier molecular flexibility index (Phi) is 5.59. The highest BCUT2D eigenvalue weighted by molar-refractivity contribution is 9.10. The summed E-state index contributed by atoms with van der Waals surface area (Å²) in [7, 11) is 0. The second-order valence-corrected chi connectivity index (χ2v) is 10.2. The SMILES string of the molecule is CC(C)(C)[S+]([O-])/N=C1\CC(C2CCCOC2)Oc2ccc(Br)cc21. The van der Waals surface area contributed by atoms with Crippen molar-refractivity contribution in [3.8, 4) is 5.75 Å². The van der Waals surface area contributed by atoms with Crippen molar-refractivity contribution in [2.24, 2.45) is 10.3 Å². The molecule has 3 unspecified atom stereocenters. The Bertz CT molecular complexity index is 623. The topological polar surface area (TPSA) is 53.9 Å². The van der Waals surface area contributed by atoms with E-state index in [0.29, 0.717) is 12.3 Å². The van der Waals surface area contributed by atoms with E-state index in [1.165, 1.54) is 0 Å². The van der Waals surface area contributed by atoms with E-state index in [-0.39, 0.29) is 10.9 Å². The largest absolute Gasteiger partial charge is 0.591 e. The summed E-state index contributed by atoms with van der Waals surface area (Å²) < 4.78 is 29.6. The second kappa shape index (κ2) is 7.36. The lowest BCUT2D eigenvalue weighted by Crippen LogP contribution is -2.39. The van der Waals surface area contributed by atoms with Crippen molar-refractivity contribution in [3.05, 3.63) is 28.2 Å². The Morgan fingerprint density at radius 3 is 2.79 bits per heavy atom. The third-order valence-corrected chi connectivity index (χ3v) is 6.29. The van der Waals surface area contributed by atoms with Gasteiger partial charge in [0.2, 0.25) is 0 Å². The van der Waals surface area contributed by atoms with E-state index < -0.39 is 11.4 Å². The quantitative estimate of drug-likeness (QED) is 0.679. The standard InChI is InChI=1S/C18H24BrNO3S/c1-18(2,3)24(21)20-15-10-17(12-5-4-8-22-11-12)23-16-7-6-13(19)9-14(15)16/h6-7,9,12,17H,4-5,8,10-11H2,1-3H3/b20-15+. The summed E-state index contributed by atoms with van der Waals surface area (Å²) in [5.74, 6) is 1.19. The fraction of sp³-hybridized carbons (Fsp3) is 0.611. The maximum Gasteiger partial charge on any atom is 0.144 e. The highest BCUT2D eigenvalue weighted by atomic mass is 79.9. The van der Waals surface area contributed by atoms with Gasteiger partial charge in [0.05, 0.1) is 6.61 Å². The van der Waals surface area contributed by atoms with Gasteiger partial charge in [0.1, 0.15) is 33.7 Å². The minimum Gasteiger partial charge on any atom is -0.591 e. The average Bonchev–Trinajstić information content (AvgIpc) is 2.55. The fourth-order valence-corrected chi connectivity index (χ4v) is 3.99. The van der Waals surface area contributed by atoms with Gasteiger partial charge in [-0.1, -0.05) is 20.3 Å². The third kappa shape index (κ3) is 4.15. The minimum atomic E-state index is -1.28. The maximum absolute atomic E-state index is 12.6. The van der Waals surface area contributed by atoms with E-state index in [1.807, 2.05) is 39.0 Å². The second-order valence-electron chi connectivity index (χ2n) is 7.38. The first kappa shape index (κ1) is 18.2. The molecule has 1 saturated heterocycles. The summed E-state index contributed by atoms with van der Waals surface area (Å²) in [5.41, 5.74) is 1.82. The molecule has 2 heterocycles. The molecule has 3 rings (SSSR count). The van der Waals surface area contributed by atoms with Crippen LogP contribution in [0.25, 0.3) is 0 Å². The number of halogens is 1. The first-order valence-corrected chi connectivity index (χ1v) is 10.3. The molecule has 0 aliphatic carbocycles. The molecule has 4 nitrogen and oxygen atoms in total. The summed E-state index contributed by atoms with van der Waals surface area (Å²) in [6.07, 6.45) is 2.89. The van der Waals surface area contributed by atoms with Crippen LogP contribution >= 0.6 is 15.9 Å². The predicted molar refractivity (Wildman–Crippen MR) is 101 cm³/mol. The van der Waals surface area contributed by atoms with Crippen LogP contribution in [0, 0.1) is 5.92 Å². The van der Waals surface area contributed by atoms with Crippen LogP contribution in [0.15, 0.2) is 27.1 Å². The van der Waals surface area contributed by atoms with Gasteiger partial charge in [0.25, 0.3) is 0 Å². The molecule has 0 saturated carbocycles. The molecule has 1 aromatic rings. The summed E-state index contributed by atoms with van der Waals surface area (Å²) in [6.45, 7) is 7.40. The van der Waals surface area contributed by atoms with Gasteiger partial charge in [-0.05, 0) is 51.8 Å². The number of rotatable bonds is 2. The van der Waals surface area contributed by atoms with E-state index in [9.17, 15) is 4.55 Å². The summed E-state index contributed by atoms with van der Waals surface area (Å²) in [4.78, 5) is 0. The molecule has 132 valence electrons. The normalized spacial score (nSPS) is 27.5. The summed E-state index contributed by atoms with van der Waals surface area (Å²) >= 11 is 2.23. The van der Waals surface area contributed by atoms with E-state index in [2.05, 4.69) is 20.3 Å². The molecular formula is C18H24BrNO3S. The first-order valence-electron chi connectivity index (χ1n) is 8.38. The van der Waals surface area contributed by atoms with Crippen LogP contribution in [0.4, 0.5) is 0 Å². The zero-order valence-corrected chi connectivity index (χ0v) is 16.8. The predicted octanol–water partition coefficient (Wildman–Crippen LogP) is 4.28. The van der Waals surface area contributed by atoms with Gasteiger partial charge in [-0.3, -0.25) is 0 Å².